The molecule has 176 valence electrons. The number of carbonyl (C=O) groups excluding carboxylic acids is 2. The molecule has 1 aliphatic heterocycles. The molecule has 2 N–H and O–H groups in total. The van der Waals surface area contributed by atoms with Gasteiger partial charge in [0, 0.05) is 23.8 Å². The van der Waals surface area contributed by atoms with Crippen molar-refractivity contribution in [1.29, 1.82) is 0 Å². The number of rotatable bonds is 7. The average molecular weight is 494 g/mol. The monoisotopic (exact) mass is 494 g/mol. The number of non-ortho nitro benzene ring substituents is 1. The molecule has 1 fully saturated rings. The predicted octanol–water partition coefficient (Wildman–Crippen LogP) is 4.49. The third-order valence-electron chi connectivity index (χ3n) is 4.97. The highest BCUT2D eigenvalue weighted by molar-refractivity contribution is 8.18. The van der Waals surface area contributed by atoms with Crippen molar-refractivity contribution in [1.82, 2.24) is 4.90 Å². The number of hydrogen-bond donors (Lipinski definition) is 2. The molecule has 0 spiro atoms. The Labute approximate surface area is 200 Å². The molecule has 0 bridgehead atoms. The molecule has 0 saturated carbocycles. The third kappa shape index (κ3) is 4.96. The number of carboxylic acids is 2. The lowest BCUT2D eigenvalue weighted by Gasteiger charge is -2.12. The van der Waals surface area contributed by atoms with Crippen LogP contribution in [0.4, 0.5) is 10.5 Å². The largest absolute Gasteiger partial charge is 0.478 e. The smallest absolute Gasteiger partial charge is 0.335 e. The van der Waals surface area contributed by atoms with Crippen LogP contribution in [0, 0.1) is 10.1 Å². The van der Waals surface area contributed by atoms with Gasteiger partial charge in [-0.3, -0.25) is 24.6 Å². The van der Waals surface area contributed by atoms with Crippen molar-refractivity contribution in [2.24, 2.45) is 0 Å². The maximum absolute atomic E-state index is 12.8. The van der Waals surface area contributed by atoms with Crippen LogP contribution in [0.2, 0.25) is 0 Å². The van der Waals surface area contributed by atoms with E-state index in [1.54, 1.807) is 0 Å². The van der Waals surface area contributed by atoms with Crippen LogP contribution in [0.1, 0.15) is 32.0 Å². The molecule has 0 atom stereocenters. The Kier molecular flexibility index (Phi) is 6.21. The number of aromatic carboxylic acids is 2. The lowest BCUT2D eigenvalue weighted by molar-refractivity contribution is -0.384. The lowest BCUT2D eigenvalue weighted by Crippen LogP contribution is -2.27. The fourth-order valence-corrected chi connectivity index (χ4v) is 4.09. The van der Waals surface area contributed by atoms with E-state index in [1.807, 2.05) is 0 Å². The number of carboxylic acid groups (broad SMARTS) is 2. The highest BCUT2D eigenvalue weighted by Crippen LogP contribution is 2.34. The highest BCUT2D eigenvalue weighted by Gasteiger charge is 2.35. The standard InChI is InChI=1S/C23H14N2O9S/c26-20-19(35-23(31)24(20)11-12-1-3-16(4-2-12)25(32)33)10-17-5-6-18(34-17)13-7-14(21(27)28)9-15(8-13)22(29)30/h1-10H,11H2,(H,27,28)(H,29,30). The van der Waals surface area contributed by atoms with E-state index in [1.165, 1.54) is 54.6 Å². The van der Waals surface area contributed by atoms with E-state index in [2.05, 4.69) is 0 Å². The van der Waals surface area contributed by atoms with Crippen LogP contribution in [-0.2, 0) is 11.3 Å². The number of nitro benzene ring substituents is 1. The predicted molar refractivity (Wildman–Crippen MR) is 123 cm³/mol. The molecule has 2 aromatic carbocycles. The number of nitrogens with zero attached hydrogens (tertiary/aromatic N) is 2. The zero-order chi connectivity index (χ0) is 25.3. The molecular weight excluding hydrogens is 480 g/mol. The second-order valence-electron chi connectivity index (χ2n) is 7.30. The Balaban J connectivity index is 1.56. The van der Waals surface area contributed by atoms with E-state index in [0.29, 0.717) is 17.3 Å². The normalized spacial score (nSPS) is 14.5. The number of imide groups is 1. The Morgan fingerprint density at radius 3 is 2.20 bits per heavy atom. The van der Waals surface area contributed by atoms with Gasteiger partial charge in [-0.1, -0.05) is 12.1 Å². The molecule has 35 heavy (non-hydrogen) atoms. The number of nitro groups is 1. The summed E-state index contributed by atoms with van der Waals surface area (Å²) in [4.78, 5) is 59.1. The van der Waals surface area contributed by atoms with Crippen LogP contribution in [-0.4, -0.2) is 43.1 Å². The second-order valence-corrected chi connectivity index (χ2v) is 8.30. The summed E-state index contributed by atoms with van der Waals surface area (Å²) >= 11 is 0.697. The average Bonchev–Trinajstić information content (AvgIpc) is 3.39. The van der Waals surface area contributed by atoms with Crippen molar-refractivity contribution >= 4 is 46.6 Å². The van der Waals surface area contributed by atoms with Crippen molar-refractivity contribution in [2.45, 2.75) is 6.54 Å². The van der Waals surface area contributed by atoms with E-state index in [4.69, 9.17) is 4.42 Å². The number of benzene rings is 2. The van der Waals surface area contributed by atoms with Gasteiger partial charge >= 0.3 is 11.9 Å². The number of thioether (sulfide) groups is 1. The minimum Gasteiger partial charge on any atom is -0.478 e. The molecule has 12 heteroatoms. The number of furan rings is 1. The van der Waals surface area contributed by atoms with E-state index < -0.39 is 28.0 Å². The summed E-state index contributed by atoms with van der Waals surface area (Å²) in [6.07, 6.45) is 1.35. The van der Waals surface area contributed by atoms with Crippen LogP contribution in [0.5, 0.6) is 0 Å². The molecule has 1 saturated heterocycles. The van der Waals surface area contributed by atoms with Gasteiger partial charge in [0.25, 0.3) is 16.8 Å². The van der Waals surface area contributed by atoms with Gasteiger partial charge in [0.2, 0.25) is 0 Å². The number of hydrogen-bond acceptors (Lipinski definition) is 8. The Morgan fingerprint density at radius 2 is 1.63 bits per heavy atom. The van der Waals surface area contributed by atoms with Crippen LogP contribution < -0.4 is 0 Å². The maximum Gasteiger partial charge on any atom is 0.335 e. The van der Waals surface area contributed by atoms with E-state index >= 15 is 0 Å². The van der Waals surface area contributed by atoms with Crippen molar-refractivity contribution in [3.05, 3.63) is 92.1 Å². The molecule has 0 unspecified atom stereocenters. The summed E-state index contributed by atoms with van der Waals surface area (Å²) in [7, 11) is 0. The summed E-state index contributed by atoms with van der Waals surface area (Å²) in [5.41, 5.74) is 0.177. The summed E-state index contributed by atoms with van der Waals surface area (Å²) in [6.45, 7) is -0.0661. The van der Waals surface area contributed by atoms with Crippen LogP contribution >= 0.6 is 11.8 Å². The molecule has 2 heterocycles. The molecule has 11 nitrogen and oxygen atoms in total. The van der Waals surface area contributed by atoms with Crippen LogP contribution in [0.3, 0.4) is 0 Å². The summed E-state index contributed by atoms with van der Waals surface area (Å²) in [5.74, 6) is -2.81. The topological polar surface area (TPSA) is 168 Å². The van der Waals surface area contributed by atoms with Crippen molar-refractivity contribution in [2.75, 3.05) is 0 Å². The molecule has 2 amide bonds. The van der Waals surface area contributed by atoms with Crippen LogP contribution in [0.15, 0.2) is 63.9 Å². The Morgan fingerprint density at radius 1 is 1.00 bits per heavy atom. The maximum atomic E-state index is 12.8. The van der Waals surface area contributed by atoms with Gasteiger partial charge in [0.15, 0.2) is 0 Å². The molecule has 0 radical (unpaired) electrons. The van der Waals surface area contributed by atoms with Gasteiger partial charge in [-0.15, -0.1) is 0 Å². The molecular formula is C23H14N2O9S. The molecule has 3 aromatic rings. The van der Waals surface area contributed by atoms with Crippen molar-refractivity contribution in [3.63, 3.8) is 0 Å². The zero-order valence-electron chi connectivity index (χ0n) is 17.5. The first kappa shape index (κ1) is 23.4. The van der Waals surface area contributed by atoms with E-state index in [-0.39, 0.29) is 45.3 Å². The van der Waals surface area contributed by atoms with Crippen LogP contribution in [0.25, 0.3) is 17.4 Å². The van der Waals surface area contributed by atoms with Gasteiger partial charge < -0.3 is 14.6 Å². The minimum atomic E-state index is -1.30. The minimum absolute atomic E-state index is 0.0661. The molecule has 1 aliphatic rings. The first-order valence-electron chi connectivity index (χ1n) is 9.83. The summed E-state index contributed by atoms with van der Waals surface area (Å²) in [5, 5.41) is 28.7. The fourth-order valence-electron chi connectivity index (χ4n) is 3.27. The van der Waals surface area contributed by atoms with E-state index in [0.717, 1.165) is 11.0 Å². The number of carbonyl (C=O) groups is 4. The van der Waals surface area contributed by atoms with Crippen molar-refractivity contribution in [3.8, 4) is 11.3 Å². The summed E-state index contributed by atoms with van der Waals surface area (Å²) < 4.78 is 5.65. The molecule has 4 rings (SSSR count). The first-order valence-corrected chi connectivity index (χ1v) is 10.6. The van der Waals surface area contributed by atoms with Crippen molar-refractivity contribution < 1.29 is 38.7 Å². The highest BCUT2D eigenvalue weighted by atomic mass is 32.2. The first-order chi connectivity index (χ1) is 16.6. The molecule has 0 aliphatic carbocycles. The Bertz CT molecular complexity index is 1390. The number of amides is 2. The lowest BCUT2D eigenvalue weighted by atomic mass is 10.0. The summed E-state index contributed by atoms with van der Waals surface area (Å²) in [6, 6.07) is 12.0. The quantitative estimate of drug-likeness (QED) is 0.271. The SMILES string of the molecule is O=C(O)c1cc(C(=O)O)cc(-c2ccc(C=C3SC(=O)N(Cc4ccc([N+](=O)[O-])cc4)C3=O)o2)c1. The fraction of sp³-hybridized carbons (Fsp3) is 0.0435. The second kappa shape index (κ2) is 9.27. The van der Waals surface area contributed by atoms with Gasteiger partial charge in [0.1, 0.15) is 11.5 Å². The van der Waals surface area contributed by atoms with E-state index in [9.17, 15) is 39.5 Å². The van der Waals surface area contributed by atoms with Gasteiger partial charge in [-0.25, -0.2) is 9.59 Å². The zero-order valence-corrected chi connectivity index (χ0v) is 18.4. The van der Waals surface area contributed by atoms with Gasteiger partial charge in [0.05, 0.1) is 27.5 Å². The molecule has 1 aromatic heterocycles. The Hall–Kier alpha value is -4.71. The van der Waals surface area contributed by atoms with Gasteiger partial charge in [-0.05, 0) is 47.7 Å². The van der Waals surface area contributed by atoms with Gasteiger partial charge in [-0.2, -0.15) is 0 Å². The third-order valence-corrected chi connectivity index (χ3v) is 5.88.